The summed E-state index contributed by atoms with van der Waals surface area (Å²) < 4.78 is 14.3. The van der Waals surface area contributed by atoms with Gasteiger partial charge in [-0.2, -0.15) is 0 Å². The van der Waals surface area contributed by atoms with Crippen molar-refractivity contribution in [2.45, 2.75) is 39.3 Å². The van der Waals surface area contributed by atoms with Gasteiger partial charge in [0, 0.05) is 35.2 Å². The first-order valence-corrected chi connectivity index (χ1v) is 9.69. The van der Waals surface area contributed by atoms with Crippen molar-refractivity contribution in [2.75, 3.05) is 13.6 Å². The minimum absolute atomic E-state index is 0.106. The van der Waals surface area contributed by atoms with Gasteiger partial charge >= 0.3 is 0 Å². The van der Waals surface area contributed by atoms with Gasteiger partial charge in [-0.3, -0.25) is 4.79 Å². The number of amides is 1. The summed E-state index contributed by atoms with van der Waals surface area (Å²) in [5.41, 5.74) is 5.13. The Morgan fingerprint density at radius 2 is 1.89 bits per heavy atom. The molecule has 0 saturated heterocycles. The first-order valence-electron chi connectivity index (χ1n) is 9.69. The van der Waals surface area contributed by atoms with Crippen molar-refractivity contribution < 1.29 is 9.18 Å². The zero-order chi connectivity index (χ0) is 20.1. The van der Waals surface area contributed by atoms with E-state index in [1.807, 2.05) is 32.7 Å². The van der Waals surface area contributed by atoms with E-state index in [2.05, 4.69) is 34.6 Å². The standard InChI is InChI=1S/C23H26FN3O/c1-23(2,3)27-10-9-17-20-18(22(27)28)11-16(24)12-19(20)26-21(17)15-7-5-14(6-8-15)13-25-4/h5-8,11-12,25-26H,9-10,13H2,1-4H3. The molecule has 146 valence electrons. The summed E-state index contributed by atoms with van der Waals surface area (Å²) in [6.07, 6.45) is 0.731. The molecule has 2 heterocycles. The lowest BCUT2D eigenvalue weighted by molar-refractivity contribution is 0.0592. The molecule has 0 spiro atoms. The Balaban J connectivity index is 1.89. The summed E-state index contributed by atoms with van der Waals surface area (Å²) in [6, 6.07) is 11.2. The predicted octanol–water partition coefficient (Wildman–Crippen LogP) is 4.49. The summed E-state index contributed by atoms with van der Waals surface area (Å²) >= 11 is 0. The van der Waals surface area contributed by atoms with E-state index in [1.165, 1.54) is 17.7 Å². The second-order valence-electron chi connectivity index (χ2n) is 8.46. The quantitative estimate of drug-likeness (QED) is 0.704. The zero-order valence-corrected chi connectivity index (χ0v) is 16.8. The number of nitrogens with one attached hydrogen (secondary N) is 2. The number of nitrogens with zero attached hydrogens (tertiary/aromatic N) is 1. The van der Waals surface area contributed by atoms with Gasteiger partial charge in [0.05, 0.1) is 5.56 Å². The highest BCUT2D eigenvalue weighted by atomic mass is 19.1. The molecular weight excluding hydrogens is 353 g/mol. The average molecular weight is 379 g/mol. The Labute approximate surface area is 164 Å². The highest BCUT2D eigenvalue weighted by Crippen LogP contribution is 2.37. The number of halogens is 1. The number of H-pyrrole nitrogens is 1. The summed E-state index contributed by atoms with van der Waals surface area (Å²) in [4.78, 5) is 18.5. The minimum atomic E-state index is -0.393. The number of carbonyl (C=O) groups is 1. The molecule has 3 aromatic rings. The van der Waals surface area contributed by atoms with Crippen LogP contribution < -0.4 is 5.32 Å². The van der Waals surface area contributed by atoms with Crippen LogP contribution in [0.5, 0.6) is 0 Å². The number of hydrogen-bond donors (Lipinski definition) is 2. The molecule has 1 aliphatic rings. The first kappa shape index (κ1) is 18.7. The molecule has 0 unspecified atom stereocenters. The molecule has 28 heavy (non-hydrogen) atoms. The molecule has 0 atom stereocenters. The largest absolute Gasteiger partial charge is 0.354 e. The van der Waals surface area contributed by atoms with Crippen LogP contribution in [0.4, 0.5) is 4.39 Å². The van der Waals surface area contributed by atoms with Crippen molar-refractivity contribution in [3.8, 4) is 11.3 Å². The number of benzene rings is 2. The van der Waals surface area contributed by atoms with Crippen LogP contribution in [-0.2, 0) is 13.0 Å². The van der Waals surface area contributed by atoms with Gasteiger partial charge in [-0.15, -0.1) is 0 Å². The average Bonchev–Trinajstić information content (AvgIpc) is 2.91. The third kappa shape index (κ3) is 3.10. The van der Waals surface area contributed by atoms with E-state index < -0.39 is 5.82 Å². The van der Waals surface area contributed by atoms with Gasteiger partial charge < -0.3 is 15.2 Å². The van der Waals surface area contributed by atoms with Crippen LogP contribution >= 0.6 is 0 Å². The molecule has 5 heteroatoms. The van der Waals surface area contributed by atoms with Gasteiger partial charge in [0.1, 0.15) is 5.82 Å². The lowest BCUT2D eigenvalue weighted by Gasteiger charge is -2.35. The lowest BCUT2D eigenvalue weighted by Crippen LogP contribution is -2.46. The minimum Gasteiger partial charge on any atom is -0.354 e. The zero-order valence-electron chi connectivity index (χ0n) is 16.8. The van der Waals surface area contributed by atoms with Crippen molar-refractivity contribution in [2.24, 2.45) is 0 Å². The predicted molar refractivity (Wildman–Crippen MR) is 111 cm³/mol. The number of hydrogen-bond acceptors (Lipinski definition) is 2. The first-order chi connectivity index (χ1) is 13.3. The van der Waals surface area contributed by atoms with E-state index in [0.29, 0.717) is 17.6 Å². The summed E-state index contributed by atoms with van der Waals surface area (Å²) in [5.74, 6) is -0.499. The molecule has 0 saturated carbocycles. The number of aromatic amines is 1. The van der Waals surface area contributed by atoms with E-state index in [1.54, 1.807) is 0 Å². The van der Waals surface area contributed by atoms with Crippen LogP contribution in [0.2, 0.25) is 0 Å². The summed E-state index contributed by atoms with van der Waals surface area (Å²) in [7, 11) is 1.92. The smallest absolute Gasteiger partial charge is 0.255 e. The van der Waals surface area contributed by atoms with Crippen molar-refractivity contribution in [1.82, 2.24) is 15.2 Å². The Morgan fingerprint density at radius 3 is 2.54 bits per heavy atom. The molecule has 1 aromatic heterocycles. The third-order valence-electron chi connectivity index (χ3n) is 5.46. The molecule has 2 N–H and O–H groups in total. The maximum Gasteiger partial charge on any atom is 0.255 e. The molecule has 4 rings (SSSR count). The van der Waals surface area contributed by atoms with Crippen molar-refractivity contribution in [3.63, 3.8) is 0 Å². The molecule has 1 amide bonds. The van der Waals surface area contributed by atoms with E-state index in [0.717, 1.165) is 35.2 Å². The highest BCUT2D eigenvalue weighted by molar-refractivity contribution is 6.10. The van der Waals surface area contributed by atoms with Crippen molar-refractivity contribution in [1.29, 1.82) is 0 Å². The van der Waals surface area contributed by atoms with E-state index in [4.69, 9.17) is 0 Å². The molecule has 0 aliphatic carbocycles. The monoisotopic (exact) mass is 379 g/mol. The van der Waals surface area contributed by atoms with Crippen LogP contribution in [0.3, 0.4) is 0 Å². The van der Waals surface area contributed by atoms with Crippen LogP contribution in [0, 0.1) is 5.82 Å². The number of carbonyl (C=O) groups excluding carboxylic acids is 1. The van der Waals surface area contributed by atoms with Gasteiger partial charge in [-0.1, -0.05) is 24.3 Å². The lowest BCUT2D eigenvalue weighted by atomic mass is 9.99. The topological polar surface area (TPSA) is 48.1 Å². The maximum absolute atomic E-state index is 14.3. The Hall–Kier alpha value is -2.66. The van der Waals surface area contributed by atoms with E-state index in [9.17, 15) is 9.18 Å². The van der Waals surface area contributed by atoms with Crippen LogP contribution in [0.15, 0.2) is 36.4 Å². The molecule has 0 radical (unpaired) electrons. The molecule has 4 nitrogen and oxygen atoms in total. The Morgan fingerprint density at radius 1 is 1.18 bits per heavy atom. The molecule has 1 aliphatic heterocycles. The van der Waals surface area contributed by atoms with Gasteiger partial charge in [0.15, 0.2) is 0 Å². The van der Waals surface area contributed by atoms with E-state index >= 15 is 0 Å². The van der Waals surface area contributed by atoms with Crippen LogP contribution in [-0.4, -0.2) is 34.9 Å². The van der Waals surface area contributed by atoms with Crippen molar-refractivity contribution >= 4 is 16.8 Å². The Bertz CT molecular complexity index is 1040. The molecule has 0 fully saturated rings. The van der Waals surface area contributed by atoms with Gasteiger partial charge in [-0.05, 0) is 63.1 Å². The molecular formula is C23H26FN3O. The maximum atomic E-state index is 14.3. The second kappa shape index (κ2) is 6.74. The second-order valence-corrected chi connectivity index (χ2v) is 8.46. The number of rotatable bonds is 3. The van der Waals surface area contributed by atoms with Crippen LogP contribution in [0.1, 0.15) is 42.3 Å². The third-order valence-corrected chi connectivity index (χ3v) is 5.46. The molecule has 2 aromatic carbocycles. The van der Waals surface area contributed by atoms with E-state index in [-0.39, 0.29) is 11.4 Å². The fourth-order valence-electron chi connectivity index (χ4n) is 4.13. The van der Waals surface area contributed by atoms with Gasteiger partial charge in [0.25, 0.3) is 5.91 Å². The SMILES string of the molecule is CNCc1ccc(-c2[nH]c3cc(F)cc4c3c2CCN(C(C)(C)C)C4=O)cc1. The van der Waals surface area contributed by atoms with Gasteiger partial charge in [-0.25, -0.2) is 4.39 Å². The number of aromatic nitrogens is 1. The molecule has 0 bridgehead atoms. The fourth-order valence-corrected chi connectivity index (χ4v) is 4.13. The van der Waals surface area contributed by atoms with Gasteiger partial charge in [0.2, 0.25) is 0 Å². The van der Waals surface area contributed by atoms with Crippen molar-refractivity contribution in [3.05, 3.63) is 58.9 Å². The summed E-state index contributed by atoms with van der Waals surface area (Å²) in [6.45, 7) is 7.47. The highest BCUT2D eigenvalue weighted by Gasteiger charge is 2.33. The van der Waals surface area contributed by atoms with Crippen LogP contribution in [0.25, 0.3) is 22.2 Å². The normalized spacial score (nSPS) is 14.6. The fraction of sp³-hybridized carbons (Fsp3) is 0.348. The summed E-state index contributed by atoms with van der Waals surface area (Å²) in [5, 5.41) is 4.00. The Kier molecular flexibility index (Phi) is 4.50.